The van der Waals surface area contributed by atoms with Crippen molar-refractivity contribution in [1.29, 1.82) is 0 Å². The molecule has 0 saturated heterocycles. The predicted octanol–water partition coefficient (Wildman–Crippen LogP) is 3.23. The monoisotopic (exact) mass is 151 g/mol. The second-order valence-corrected chi connectivity index (χ2v) is 3.13. The molecule has 0 fully saturated rings. The third kappa shape index (κ3) is 1.86. The summed E-state index contributed by atoms with van der Waals surface area (Å²) in [6, 6.07) is 2.25. The van der Waals surface area contributed by atoms with Crippen molar-refractivity contribution < 1.29 is 0 Å². The quantitative estimate of drug-likeness (QED) is 0.682. The average Bonchev–Trinajstić information content (AvgIpc) is 2.39. The fourth-order valence-corrected chi connectivity index (χ4v) is 1.53. The molecule has 1 N–H and O–H groups in total. The molecule has 0 amide bonds. The maximum atomic E-state index is 3.22. The lowest BCUT2D eigenvalue weighted by atomic mass is 9.96. The van der Waals surface area contributed by atoms with Crippen LogP contribution in [-0.2, 0) is 0 Å². The van der Waals surface area contributed by atoms with Crippen LogP contribution in [0.2, 0.25) is 0 Å². The summed E-state index contributed by atoms with van der Waals surface area (Å²) in [4.78, 5) is 3.22. The van der Waals surface area contributed by atoms with Gasteiger partial charge >= 0.3 is 0 Å². The second kappa shape index (κ2) is 3.61. The Balaban J connectivity index is 2.73. The van der Waals surface area contributed by atoms with E-state index in [0.717, 1.165) is 5.92 Å². The van der Waals surface area contributed by atoms with Gasteiger partial charge in [-0.3, -0.25) is 0 Å². The molecule has 0 unspecified atom stereocenters. The van der Waals surface area contributed by atoms with Crippen LogP contribution in [0.4, 0.5) is 0 Å². The van der Waals surface area contributed by atoms with Crippen molar-refractivity contribution in [1.82, 2.24) is 4.98 Å². The molecule has 0 aliphatic carbocycles. The van der Waals surface area contributed by atoms with Crippen molar-refractivity contribution in [3.05, 3.63) is 23.5 Å². The van der Waals surface area contributed by atoms with Crippen LogP contribution in [0.1, 0.15) is 43.9 Å². The molecule has 0 saturated carbocycles. The SMILES string of the molecule is CCC(CC)c1c[nH]c(C)c1. The van der Waals surface area contributed by atoms with Gasteiger partial charge in [-0.2, -0.15) is 0 Å². The number of hydrogen-bond acceptors (Lipinski definition) is 0. The number of H-pyrrole nitrogens is 1. The first kappa shape index (κ1) is 8.38. The minimum Gasteiger partial charge on any atom is -0.365 e. The molecule has 0 aliphatic heterocycles. The average molecular weight is 151 g/mol. The third-order valence-corrected chi connectivity index (χ3v) is 2.31. The molecule has 1 rings (SSSR count). The van der Waals surface area contributed by atoms with Crippen LogP contribution < -0.4 is 0 Å². The number of rotatable bonds is 3. The predicted molar refractivity (Wildman–Crippen MR) is 48.9 cm³/mol. The first-order valence-corrected chi connectivity index (χ1v) is 4.42. The summed E-state index contributed by atoms with van der Waals surface area (Å²) in [5, 5.41) is 0. The van der Waals surface area contributed by atoms with Gasteiger partial charge in [-0.15, -0.1) is 0 Å². The number of hydrogen-bond donors (Lipinski definition) is 1. The molecule has 0 bridgehead atoms. The minimum atomic E-state index is 0.750. The Bertz CT molecular complexity index is 208. The zero-order valence-electron chi connectivity index (χ0n) is 7.65. The van der Waals surface area contributed by atoms with Crippen molar-refractivity contribution in [3.63, 3.8) is 0 Å². The Hall–Kier alpha value is -0.720. The summed E-state index contributed by atoms with van der Waals surface area (Å²) >= 11 is 0. The molecular weight excluding hydrogens is 134 g/mol. The summed E-state index contributed by atoms with van der Waals surface area (Å²) in [6.45, 7) is 6.60. The smallest absolute Gasteiger partial charge is 0.0118 e. The molecule has 11 heavy (non-hydrogen) atoms. The number of aryl methyl sites for hydroxylation is 1. The Morgan fingerprint density at radius 2 is 2.00 bits per heavy atom. The van der Waals surface area contributed by atoms with Crippen molar-refractivity contribution in [2.45, 2.75) is 39.5 Å². The van der Waals surface area contributed by atoms with E-state index in [1.807, 2.05) is 0 Å². The third-order valence-electron chi connectivity index (χ3n) is 2.31. The lowest BCUT2D eigenvalue weighted by Crippen LogP contribution is -1.91. The van der Waals surface area contributed by atoms with Crippen molar-refractivity contribution in [2.75, 3.05) is 0 Å². The highest BCUT2D eigenvalue weighted by molar-refractivity contribution is 5.19. The van der Waals surface area contributed by atoms with Gasteiger partial charge in [0, 0.05) is 11.9 Å². The van der Waals surface area contributed by atoms with E-state index in [1.54, 1.807) is 0 Å². The standard InChI is InChI=1S/C10H17N/c1-4-9(5-2)10-6-8(3)11-7-10/h6-7,9,11H,4-5H2,1-3H3. The van der Waals surface area contributed by atoms with E-state index in [2.05, 4.69) is 38.0 Å². The second-order valence-electron chi connectivity index (χ2n) is 3.13. The van der Waals surface area contributed by atoms with Crippen LogP contribution in [0.5, 0.6) is 0 Å². The van der Waals surface area contributed by atoms with E-state index in [9.17, 15) is 0 Å². The first-order valence-electron chi connectivity index (χ1n) is 4.42. The summed E-state index contributed by atoms with van der Waals surface area (Å²) < 4.78 is 0. The van der Waals surface area contributed by atoms with Gasteiger partial charge in [-0.1, -0.05) is 13.8 Å². The lowest BCUT2D eigenvalue weighted by molar-refractivity contribution is 0.642. The first-order chi connectivity index (χ1) is 5.27. The van der Waals surface area contributed by atoms with Crippen LogP contribution >= 0.6 is 0 Å². The molecule has 1 heterocycles. The van der Waals surface area contributed by atoms with Gasteiger partial charge in [0.25, 0.3) is 0 Å². The molecular formula is C10H17N. The van der Waals surface area contributed by atoms with Crippen LogP contribution in [-0.4, -0.2) is 4.98 Å². The van der Waals surface area contributed by atoms with E-state index in [-0.39, 0.29) is 0 Å². The van der Waals surface area contributed by atoms with Gasteiger partial charge in [-0.05, 0) is 37.3 Å². The zero-order chi connectivity index (χ0) is 8.27. The van der Waals surface area contributed by atoms with Gasteiger partial charge in [0.2, 0.25) is 0 Å². The highest BCUT2D eigenvalue weighted by atomic mass is 14.7. The maximum absolute atomic E-state index is 3.22. The molecule has 1 nitrogen and oxygen atoms in total. The molecule has 1 heteroatoms. The molecule has 0 atom stereocenters. The molecule has 0 aromatic carbocycles. The van der Waals surface area contributed by atoms with Gasteiger partial charge < -0.3 is 4.98 Å². The zero-order valence-corrected chi connectivity index (χ0v) is 7.65. The summed E-state index contributed by atoms with van der Waals surface area (Å²) in [5.74, 6) is 0.750. The van der Waals surface area contributed by atoms with E-state index >= 15 is 0 Å². The summed E-state index contributed by atoms with van der Waals surface area (Å²) in [6.07, 6.45) is 4.62. The highest BCUT2D eigenvalue weighted by Gasteiger charge is 2.06. The topological polar surface area (TPSA) is 15.8 Å². The molecule has 62 valence electrons. The van der Waals surface area contributed by atoms with Gasteiger partial charge in [0.05, 0.1) is 0 Å². The Labute approximate surface area is 68.8 Å². The van der Waals surface area contributed by atoms with Crippen molar-refractivity contribution >= 4 is 0 Å². The number of nitrogens with one attached hydrogen (secondary N) is 1. The van der Waals surface area contributed by atoms with Crippen LogP contribution in [0, 0.1) is 6.92 Å². The van der Waals surface area contributed by atoms with E-state index in [1.165, 1.54) is 24.1 Å². The normalized spacial score (nSPS) is 10.9. The molecule has 0 spiro atoms. The number of aromatic amines is 1. The van der Waals surface area contributed by atoms with E-state index < -0.39 is 0 Å². The highest BCUT2D eigenvalue weighted by Crippen LogP contribution is 2.22. The Morgan fingerprint density at radius 3 is 2.36 bits per heavy atom. The Morgan fingerprint density at radius 1 is 1.36 bits per heavy atom. The molecule has 0 radical (unpaired) electrons. The van der Waals surface area contributed by atoms with Crippen LogP contribution in [0.3, 0.4) is 0 Å². The molecule has 1 aromatic rings. The minimum absolute atomic E-state index is 0.750. The Kier molecular flexibility index (Phi) is 2.75. The van der Waals surface area contributed by atoms with Crippen LogP contribution in [0.25, 0.3) is 0 Å². The molecule has 1 aromatic heterocycles. The van der Waals surface area contributed by atoms with Crippen LogP contribution in [0.15, 0.2) is 12.3 Å². The molecule has 0 aliphatic rings. The largest absolute Gasteiger partial charge is 0.365 e. The fraction of sp³-hybridized carbons (Fsp3) is 0.600. The maximum Gasteiger partial charge on any atom is 0.0118 e. The van der Waals surface area contributed by atoms with Gasteiger partial charge in [0.1, 0.15) is 0 Å². The van der Waals surface area contributed by atoms with Gasteiger partial charge in [-0.25, -0.2) is 0 Å². The van der Waals surface area contributed by atoms with E-state index in [4.69, 9.17) is 0 Å². The van der Waals surface area contributed by atoms with Gasteiger partial charge in [0.15, 0.2) is 0 Å². The number of aromatic nitrogens is 1. The summed E-state index contributed by atoms with van der Waals surface area (Å²) in [7, 11) is 0. The summed E-state index contributed by atoms with van der Waals surface area (Å²) in [5.41, 5.74) is 2.74. The van der Waals surface area contributed by atoms with E-state index in [0.29, 0.717) is 0 Å². The lowest BCUT2D eigenvalue weighted by Gasteiger charge is -2.08. The van der Waals surface area contributed by atoms with Crippen molar-refractivity contribution in [2.24, 2.45) is 0 Å². The van der Waals surface area contributed by atoms with Crippen molar-refractivity contribution in [3.8, 4) is 0 Å². The fourth-order valence-electron chi connectivity index (χ4n) is 1.53.